The van der Waals surface area contributed by atoms with Crippen molar-refractivity contribution in [3.05, 3.63) is 75.6 Å². The Morgan fingerprint density at radius 1 is 1.14 bits per heavy atom. The smallest absolute Gasteiger partial charge is 0.327 e. The number of pyridine rings is 1. The van der Waals surface area contributed by atoms with Crippen molar-refractivity contribution >= 4 is 28.5 Å². The number of hydrogen-bond donors (Lipinski definition) is 1. The number of aliphatic carboxylic acids is 1. The summed E-state index contributed by atoms with van der Waals surface area (Å²) in [4.78, 5) is 24.5. The number of carboxylic acids is 1. The van der Waals surface area contributed by atoms with Gasteiger partial charge in [-0.25, -0.2) is 4.79 Å². The number of carboxylic acid groups (broad SMARTS) is 1. The molecule has 2 aromatic carbocycles. The second-order valence-electron chi connectivity index (χ2n) is 7.60. The van der Waals surface area contributed by atoms with Crippen molar-refractivity contribution in [2.45, 2.75) is 50.1 Å². The Balaban J connectivity index is 1.81. The fourth-order valence-electron chi connectivity index (χ4n) is 4.18. The van der Waals surface area contributed by atoms with Crippen LogP contribution in [0, 0.1) is 0 Å². The van der Waals surface area contributed by atoms with E-state index in [1.54, 1.807) is 6.07 Å². The Morgan fingerprint density at radius 2 is 1.93 bits per heavy atom. The van der Waals surface area contributed by atoms with E-state index in [1.807, 2.05) is 12.1 Å². The highest BCUT2D eigenvalue weighted by atomic mass is 32.2. The minimum Gasteiger partial charge on any atom is -0.480 e. The summed E-state index contributed by atoms with van der Waals surface area (Å²) in [6, 6.07) is 15.5. The van der Waals surface area contributed by atoms with E-state index < -0.39 is 12.0 Å². The van der Waals surface area contributed by atoms with Crippen LogP contribution in [-0.2, 0) is 17.6 Å². The second kappa shape index (κ2) is 8.46. The van der Waals surface area contributed by atoms with Gasteiger partial charge in [0, 0.05) is 11.8 Å². The number of hydrogen-bond acceptors (Lipinski definition) is 3. The number of aromatic nitrogens is 1. The molecule has 1 N–H and O–H groups in total. The van der Waals surface area contributed by atoms with Crippen molar-refractivity contribution in [1.29, 1.82) is 0 Å². The van der Waals surface area contributed by atoms with Gasteiger partial charge in [0.15, 0.2) is 0 Å². The molecule has 0 radical (unpaired) electrons. The molecule has 4 rings (SSSR count). The summed E-state index contributed by atoms with van der Waals surface area (Å²) in [5, 5.41) is 12.8. The minimum atomic E-state index is -0.931. The number of rotatable bonds is 7. The SMILES string of the molecule is CCCCCc1c(Cc2cccc3ccccc23)cc(=O)n2c1SC[C@H]2C(=O)O. The molecule has 1 atom stereocenters. The highest BCUT2D eigenvalue weighted by molar-refractivity contribution is 7.99. The van der Waals surface area contributed by atoms with E-state index in [0.717, 1.165) is 41.8 Å². The van der Waals surface area contributed by atoms with Crippen molar-refractivity contribution < 1.29 is 9.90 Å². The van der Waals surface area contributed by atoms with Gasteiger partial charge in [0.2, 0.25) is 0 Å². The van der Waals surface area contributed by atoms with Crippen LogP contribution in [0.15, 0.2) is 58.4 Å². The number of fused-ring (bicyclic) bond motifs is 2. The predicted molar refractivity (Wildman–Crippen MR) is 118 cm³/mol. The molecular formula is C24H25NO3S. The number of carbonyl (C=O) groups is 1. The Bertz CT molecular complexity index is 1110. The summed E-state index contributed by atoms with van der Waals surface area (Å²) in [6.45, 7) is 2.17. The maximum atomic E-state index is 12.9. The van der Waals surface area contributed by atoms with Gasteiger partial charge in [0.1, 0.15) is 6.04 Å². The molecule has 0 bridgehead atoms. The Labute approximate surface area is 174 Å². The van der Waals surface area contributed by atoms with Crippen molar-refractivity contribution in [2.75, 3.05) is 5.75 Å². The van der Waals surface area contributed by atoms with Gasteiger partial charge in [-0.3, -0.25) is 9.36 Å². The molecule has 29 heavy (non-hydrogen) atoms. The van der Waals surface area contributed by atoms with Crippen LogP contribution in [0.3, 0.4) is 0 Å². The highest BCUT2D eigenvalue weighted by Gasteiger charge is 2.32. The first-order chi connectivity index (χ1) is 14.1. The largest absolute Gasteiger partial charge is 0.480 e. The maximum Gasteiger partial charge on any atom is 0.327 e. The molecule has 5 heteroatoms. The van der Waals surface area contributed by atoms with E-state index in [0.29, 0.717) is 12.2 Å². The van der Waals surface area contributed by atoms with E-state index >= 15 is 0 Å². The quantitative estimate of drug-likeness (QED) is 0.557. The fraction of sp³-hybridized carbons (Fsp3) is 0.333. The normalized spacial score (nSPS) is 15.6. The van der Waals surface area contributed by atoms with Crippen LogP contribution in [-0.4, -0.2) is 21.4 Å². The zero-order valence-corrected chi connectivity index (χ0v) is 17.4. The third kappa shape index (κ3) is 3.84. The monoisotopic (exact) mass is 407 g/mol. The third-order valence-electron chi connectivity index (χ3n) is 5.67. The molecule has 0 aliphatic carbocycles. The molecule has 0 spiro atoms. The molecular weight excluding hydrogens is 382 g/mol. The highest BCUT2D eigenvalue weighted by Crippen LogP contribution is 2.37. The first-order valence-corrected chi connectivity index (χ1v) is 11.2. The number of unbranched alkanes of at least 4 members (excludes halogenated alkanes) is 2. The molecule has 0 amide bonds. The first kappa shape index (κ1) is 19.8. The van der Waals surface area contributed by atoms with Crippen LogP contribution in [0.1, 0.15) is 48.9 Å². The van der Waals surface area contributed by atoms with Gasteiger partial charge < -0.3 is 5.11 Å². The van der Waals surface area contributed by atoms with Crippen molar-refractivity contribution in [3.63, 3.8) is 0 Å². The van der Waals surface area contributed by atoms with Gasteiger partial charge in [-0.2, -0.15) is 0 Å². The molecule has 0 unspecified atom stereocenters. The molecule has 0 fully saturated rings. The molecule has 1 aromatic heterocycles. The maximum absolute atomic E-state index is 12.9. The topological polar surface area (TPSA) is 59.3 Å². The molecule has 2 heterocycles. The molecule has 4 nitrogen and oxygen atoms in total. The Hall–Kier alpha value is -2.53. The molecule has 0 saturated carbocycles. The van der Waals surface area contributed by atoms with Crippen LogP contribution >= 0.6 is 11.8 Å². The minimum absolute atomic E-state index is 0.202. The first-order valence-electron chi connectivity index (χ1n) is 10.2. The summed E-state index contributed by atoms with van der Waals surface area (Å²) in [7, 11) is 0. The fourth-order valence-corrected chi connectivity index (χ4v) is 5.55. The van der Waals surface area contributed by atoms with Crippen LogP contribution in [0.4, 0.5) is 0 Å². The van der Waals surface area contributed by atoms with Crippen LogP contribution in [0.2, 0.25) is 0 Å². The van der Waals surface area contributed by atoms with Gasteiger partial charge >= 0.3 is 5.97 Å². The molecule has 150 valence electrons. The lowest BCUT2D eigenvalue weighted by Gasteiger charge is -2.17. The van der Waals surface area contributed by atoms with Crippen molar-refractivity contribution in [1.82, 2.24) is 4.57 Å². The molecule has 1 aliphatic heterocycles. The van der Waals surface area contributed by atoms with E-state index in [9.17, 15) is 14.7 Å². The van der Waals surface area contributed by atoms with E-state index in [2.05, 4.69) is 37.3 Å². The summed E-state index contributed by atoms with van der Waals surface area (Å²) in [6.07, 6.45) is 4.85. The predicted octanol–water partition coefficient (Wildman–Crippen LogP) is 5.06. The summed E-state index contributed by atoms with van der Waals surface area (Å²) in [5.41, 5.74) is 3.18. The van der Waals surface area contributed by atoms with Crippen LogP contribution in [0.25, 0.3) is 10.8 Å². The van der Waals surface area contributed by atoms with Crippen LogP contribution in [0.5, 0.6) is 0 Å². The van der Waals surface area contributed by atoms with E-state index in [-0.39, 0.29) is 5.56 Å². The second-order valence-corrected chi connectivity index (χ2v) is 8.61. The van der Waals surface area contributed by atoms with Crippen molar-refractivity contribution in [3.8, 4) is 0 Å². The van der Waals surface area contributed by atoms with Gasteiger partial charge in [0.05, 0.1) is 5.03 Å². The molecule has 3 aromatic rings. The van der Waals surface area contributed by atoms with Gasteiger partial charge in [-0.1, -0.05) is 62.2 Å². The Kier molecular flexibility index (Phi) is 5.76. The zero-order chi connectivity index (χ0) is 20.4. The Morgan fingerprint density at radius 3 is 2.72 bits per heavy atom. The lowest BCUT2D eigenvalue weighted by Crippen LogP contribution is -2.29. The summed E-state index contributed by atoms with van der Waals surface area (Å²) in [5.74, 6) is -0.511. The molecule has 1 aliphatic rings. The summed E-state index contributed by atoms with van der Waals surface area (Å²) >= 11 is 1.51. The lowest BCUT2D eigenvalue weighted by molar-refractivity contribution is -0.140. The number of nitrogens with zero attached hydrogens (tertiary/aromatic N) is 1. The van der Waals surface area contributed by atoms with Gasteiger partial charge in [-0.15, -0.1) is 11.8 Å². The standard InChI is InChI=1S/C24H25NO3S/c1-2-3-4-12-20-18(13-17-10-7-9-16-8-5-6-11-19(16)17)14-22(26)25-21(24(27)28)15-29-23(20)25/h5-11,14,21H,2-4,12-13,15H2,1H3,(H,27,28)/t21-/m0/s1. The van der Waals surface area contributed by atoms with Gasteiger partial charge in [0.25, 0.3) is 5.56 Å². The number of benzene rings is 2. The van der Waals surface area contributed by atoms with Crippen molar-refractivity contribution in [2.24, 2.45) is 0 Å². The van der Waals surface area contributed by atoms with Gasteiger partial charge in [-0.05, 0) is 46.7 Å². The third-order valence-corrected chi connectivity index (χ3v) is 6.86. The van der Waals surface area contributed by atoms with Crippen LogP contribution < -0.4 is 5.56 Å². The van der Waals surface area contributed by atoms with E-state index in [4.69, 9.17) is 0 Å². The molecule has 0 saturated heterocycles. The average molecular weight is 408 g/mol. The number of thioether (sulfide) groups is 1. The van der Waals surface area contributed by atoms with E-state index in [1.165, 1.54) is 32.7 Å². The zero-order valence-electron chi connectivity index (χ0n) is 16.6. The lowest BCUT2D eigenvalue weighted by atomic mass is 9.94. The average Bonchev–Trinajstić information content (AvgIpc) is 3.17. The summed E-state index contributed by atoms with van der Waals surface area (Å²) < 4.78 is 1.50.